The van der Waals surface area contributed by atoms with Crippen LogP contribution in [-0.2, 0) is 4.79 Å². The fourth-order valence-corrected chi connectivity index (χ4v) is 1.09. The minimum absolute atomic E-state index is 0.0363. The van der Waals surface area contributed by atoms with Crippen LogP contribution in [0.1, 0.15) is 6.42 Å². The van der Waals surface area contributed by atoms with Gasteiger partial charge in [-0.3, -0.25) is 4.79 Å². The molecule has 1 aliphatic heterocycles. The molecule has 11 heavy (non-hydrogen) atoms. The number of carbonyl (C=O) groups is 1. The Morgan fingerprint density at radius 2 is 2.45 bits per heavy atom. The van der Waals surface area contributed by atoms with Crippen molar-refractivity contribution in [3.05, 3.63) is 12.3 Å². The number of aliphatic imine (C=N–C) groups is 1. The Bertz CT molecular complexity index is 249. The maximum atomic E-state index is 10.8. The van der Waals surface area contributed by atoms with Crippen LogP contribution >= 0.6 is 23.2 Å². The standard InChI is InChI=1S/C6H6Cl2N2O/c7-4-6(8,5(9)11)2-1-3-10-4/h1,3H,2H2,(H2,9,11). The third kappa shape index (κ3) is 1.39. The van der Waals surface area contributed by atoms with Gasteiger partial charge in [-0.05, 0) is 0 Å². The van der Waals surface area contributed by atoms with Gasteiger partial charge in [-0.1, -0.05) is 17.7 Å². The zero-order chi connectivity index (χ0) is 8.48. The van der Waals surface area contributed by atoms with Crippen molar-refractivity contribution in [2.24, 2.45) is 10.7 Å². The predicted octanol–water partition coefficient (Wildman–Crippen LogP) is 1.00. The molecule has 5 heteroatoms. The van der Waals surface area contributed by atoms with E-state index in [0.717, 1.165) is 0 Å². The lowest BCUT2D eigenvalue weighted by molar-refractivity contribution is -0.118. The van der Waals surface area contributed by atoms with Crippen LogP contribution in [0, 0.1) is 0 Å². The molecule has 2 N–H and O–H groups in total. The first-order valence-electron chi connectivity index (χ1n) is 2.95. The van der Waals surface area contributed by atoms with Crippen molar-refractivity contribution in [3.8, 4) is 0 Å². The SMILES string of the molecule is NC(=O)C1(Cl)CC=CN=C1Cl. The van der Waals surface area contributed by atoms with E-state index in [9.17, 15) is 4.79 Å². The Morgan fingerprint density at radius 3 is 2.82 bits per heavy atom. The van der Waals surface area contributed by atoms with Crippen molar-refractivity contribution in [1.82, 2.24) is 0 Å². The van der Waals surface area contributed by atoms with Crippen molar-refractivity contribution in [3.63, 3.8) is 0 Å². The van der Waals surface area contributed by atoms with Gasteiger partial charge in [-0.2, -0.15) is 0 Å². The molecule has 0 spiro atoms. The van der Waals surface area contributed by atoms with Crippen LogP contribution in [0.15, 0.2) is 17.3 Å². The quantitative estimate of drug-likeness (QED) is 0.620. The number of carbonyl (C=O) groups excluding carboxylic acids is 1. The number of nitrogens with zero attached hydrogens (tertiary/aromatic N) is 1. The van der Waals surface area contributed by atoms with Crippen molar-refractivity contribution < 1.29 is 4.79 Å². The highest BCUT2D eigenvalue weighted by atomic mass is 35.5. The number of halogens is 2. The van der Waals surface area contributed by atoms with Crippen LogP contribution < -0.4 is 5.73 Å². The van der Waals surface area contributed by atoms with Gasteiger partial charge in [0.25, 0.3) is 0 Å². The number of hydrogen-bond acceptors (Lipinski definition) is 2. The molecule has 0 bridgehead atoms. The fourth-order valence-electron chi connectivity index (χ4n) is 0.722. The Morgan fingerprint density at radius 1 is 1.82 bits per heavy atom. The average molecular weight is 193 g/mol. The molecule has 1 heterocycles. The Kier molecular flexibility index (Phi) is 2.20. The first kappa shape index (κ1) is 8.56. The molecule has 60 valence electrons. The van der Waals surface area contributed by atoms with E-state index in [4.69, 9.17) is 28.9 Å². The van der Waals surface area contributed by atoms with Crippen molar-refractivity contribution in [1.29, 1.82) is 0 Å². The van der Waals surface area contributed by atoms with E-state index in [-0.39, 0.29) is 5.17 Å². The summed E-state index contributed by atoms with van der Waals surface area (Å²) in [5.41, 5.74) is 5.02. The molecule has 1 aliphatic rings. The monoisotopic (exact) mass is 192 g/mol. The third-order valence-electron chi connectivity index (χ3n) is 1.41. The topological polar surface area (TPSA) is 55.5 Å². The van der Waals surface area contributed by atoms with Crippen molar-refractivity contribution in [2.75, 3.05) is 0 Å². The Labute approximate surface area is 73.9 Å². The van der Waals surface area contributed by atoms with Crippen LogP contribution in [0.4, 0.5) is 0 Å². The van der Waals surface area contributed by atoms with Gasteiger partial charge in [0.05, 0.1) is 0 Å². The molecule has 0 saturated heterocycles. The zero-order valence-corrected chi connectivity index (χ0v) is 7.06. The van der Waals surface area contributed by atoms with E-state index in [1.807, 2.05) is 0 Å². The normalized spacial score (nSPS) is 29.8. The third-order valence-corrected chi connectivity index (χ3v) is 2.45. The van der Waals surface area contributed by atoms with E-state index in [1.54, 1.807) is 6.08 Å². The molecule has 1 rings (SSSR count). The average Bonchev–Trinajstić information content (AvgIpc) is 1.95. The highest BCUT2D eigenvalue weighted by molar-refractivity contribution is 6.76. The second kappa shape index (κ2) is 2.83. The number of amides is 1. The largest absolute Gasteiger partial charge is 0.368 e. The fraction of sp³-hybridized carbons (Fsp3) is 0.333. The summed E-state index contributed by atoms with van der Waals surface area (Å²) in [7, 11) is 0. The minimum atomic E-state index is -1.32. The molecule has 1 unspecified atom stereocenters. The molecule has 0 aromatic heterocycles. The highest BCUT2D eigenvalue weighted by Crippen LogP contribution is 2.27. The van der Waals surface area contributed by atoms with E-state index in [1.165, 1.54) is 6.20 Å². The van der Waals surface area contributed by atoms with Crippen LogP contribution in [0.2, 0.25) is 0 Å². The second-order valence-electron chi connectivity index (χ2n) is 2.17. The van der Waals surface area contributed by atoms with Gasteiger partial charge in [-0.25, -0.2) is 4.99 Å². The summed E-state index contributed by atoms with van der Waals surface area (Å²) >= 11 is 11.4. The molecular formula is C6H6Cl2N2O. The number of hydrogen-bond donors (Lipinski definition) is 1. The maximum absolute atomic E-state index is 10.8. The van der Waals surface area contributed by atoms with Crippen LogP contribution in [0.25, 0.3) is 0 Å². The molecule has 3 nitrogen and oxygen atoms in total. The molecule has 0 saturated carbocycles. The lowest BCUT2D eigenvalue weighted by Gasteiger charge is -2.21. The lowest BCUT2D eigenvalue weighted by atomic mass is 10.0. The summed E-state index contributed by atoms with van der Waals surface area (Å²) in [6.07, 6.45) is 3.43. The van der Waals surface area contributed by atoms with Gasteiger partial charge in [0, 0.05) is 12.6 Å². The molecule has 1 atom stereocenters. The van der Waals surface area contributed by atoms with E-state index in [2.05, 4.69) is 4.99 Å². The number of primary amides is 1. The van der Waals surface area contributed by atoms with Gasteiger partial charge >= 0.3 is 0 Å². The summed E-state index contributed by atoms with van der Waals surface area (Å²) in [6.45, 7) is 0. The summed E-state index contributed by atoms with van der Waals surface area (Å²) in [4.78, 5) is 13.1. The second-order valence-corrected chi connectivity index (χ2v) is 3.18. The van der Waals surface area contributed by atoms with Gasteiger partial charge in [0.2, 0.25) is 5.91 Å². The van der Waals surface area contributed by atoms with E-state index >= 15 is 0 Å². The van der Waals surface area contributed by atoms with Crippen LogP contribution in [0.3, 0.4) is 0 Å². The number of allylic oxidation sites excluding steroid dienone is 1. The van der Waals surface area contributed by atoms with E-state index in [0.29, 0.717) is 6.42 Å². The minimum Gasteiger partial charge on any atom is -0.368 e. The van der Waals surface area contributed by atoms with Gasteiger partial charge in [-0.15, -0.1) is 11.6 Å². The van der Waals surface area contributed by atoms with Gasteiger partial charge < -0.3 is 5.73 Å². The first-order chi connectivity index (χ1) is 5.07. The Hall–Kier alpha value is -0.540. The molecule has 0 aliphatic carbocycles. The smallest absolute Gasteiger partial charge is 0.246 e. The summed E-state index contributed by atoms with van der Waals surface area (Å²) in [6, 6.07) is 0. The lowest BCUT2D eigenvalue weighted by Crippen LogP contribution is -2.44. The molecule has 0 fully saturated rings. The molecular weight excluding hydrogens is 187 g/mol. The number of rotatable bonds is 1. The van der Waals surface area contributed by atoms with Gasteiger partial charge in [0.15, 0.2) is 4.87 Å². The van der Waals surface area contributed by atoms with Gasteiger partial charge in [0.1, 0.15) is 5.17 Å². The van der Waals surface area contributed by atoms with Crippen molar-refractivity contribution >= 4 is 34.3 Å². The summed E-state index contributed by atoms with van der Waals surface area (Å²) < 4.78 is 0. The molecule has 1 amide bonds. The number of nitrogens with two attached hydrogens (primary N) is 1. The Balaban J connectivity index is 2.97. The molecule has 0 aromatic carbocycles. The predicted molar refractivity (Wildman–Crippen MR) is 44.8 cm³/mol. The number of alkyl halides is 1. The maximum Gasteiger partial charge on any atom is 0.246 e. The highest BCUT2D eigenvalue weighted by Gasteiger charge is 2.39. The summed E-state index contributed by atoms with van der Waals surface area (Å²) in [5.74, 6) is -0.669. The van der Waals surface area contributed by atoms with Crippen LogP contribution in [0.5, 0.6) is 0 Å². The first-order valence-corrected chi connectivity index (χ1v) is 3.70. The van der Waals surface area contributed by atoms with Crippen LogP contribution in [-0.4, -0.2) is 16.0 Å². The van der Waals surface area contributed by atoms with Crippen molar-refractivity contribution in [2.45, 2.75) is 11.3 Å². The molecule has 0 radical (unpaired) electrons. The van der Waals surface area contributed by atoms with E-state index < -0.39 is 10.8 Å². The zero-order valence-electron chi connectivity index (χ0n) is 5.55. The summed E-state index contributed by atoms with van der Waals surface area (Å²) in [5, 5.41) is 0.0363. The molecule has 0 aromatic rings.